The summed E-state index contributed by atoms with van der Waals surface area (Å²) in [5.74, 6) is 2.70. The lowest BCUT2D eigenvalue weighted by molar-refractivity contribution is -0.125. The van der Waals surface area contributed by atoms with Crippen molar-refractivity contribution in [1.29, 1.82) is 0 Å². The quantitative estimate of drug-likeness (QED) is 0.482. The molecule has 2 heterocycles. The van der Waals surface area contributed by atoms with E-state index in [1.807, 2.05) is 24.3 Å². The van der Waals surface area contributed by atoms with Crippen LogP contribution in [0.15, 0.2) is 54.6 Å². The van der Waals surface area contributed by atoms with E-state index in [0.717, 1.165) is 55.6 Å². The Labute approximate surface area is 207 Å². The maximum Gasteiger partial charge on any atom is 0.246 e. The minimum absolute atomic E-state index is 0.0338. The third-order valence-electron chi connectivity index (χ3n) is 6.24. The van der Waals surface area contributed by atoms with Crippen LogP contribution in [-0.2, 0) is 35.6 Å². The molecule has 8 nitrogen and oxygen atoms in total. The van der Waals surface area contributed by atoms with Crippen LogP contribution in [0, 0.1) is 5.92 Å². The molecule has 1 aliphatic heterocycles. The van der Waals surface area contributed by atoms with E-state index in [4.69, 9.17) is 9.47 Å². The Morgan fingerprint density at radius 3 is 2.60 bits per heavy atom. The fourth-order valence-corrected chi connectivity index (χ4v) is 4.39. The van der Waals surface area contributed by atoms with E-state index in [2.05, 4.69) is 69.2 Å². The highest BCUT2D eigenvalue weighted by atomic mass is 16.5. The van der Waals surface area contributed by atoms with Gasteiger partial charge >= 0.3 is 0 Å². The molecule has 4 rings (SSSR count). The average molecular weight is 478 g/mol. The molecule has 0 radical (unpaired) electrons. The van der Waals surface area contributed by atoms with Crippen molar-refractivity contribution in [2.45, 2.75) is 46.0 Å². The van der Waals surface area contributed by atoms with Crippen LogP contribution in [0.1, 0.15) is 42.7 Å². The summed E-state index contributed by atoms with van der Waals surface area (Å²) in [6.07, 6.45) is 0.814. The van der Waals surface area contributed by atoms with E-state index >= 15 is 0 Å². The fraction of sp³-hybridized carbons (Fsp3) is 0.444. The van der Waals surface area contributed by atoms with Gasteiger partial charge in [-0.1, -0.05) is 56.3 Å². The number of hydrogen-bond donors (Lipinski definition) is 1. The van der Waals surface area contributed by atoms with Gasteiger partial charge in [0, 0.05) is 39.7 Å². The summed E-state index contributed by atoms with van der Waals surface area (Å²) in [6, 6.07) is 18.3. The van der Waals surface area contributed by atoms with E-state index in [1.54, 1.807) is 0 Å². The van der Waals surface area contributed by atoms with Gasteiger partial charge in [-0.25, -0.2) is 0 Å². The van der Waals surface area contributed by atoms with Crippen LogP contribution in [0.4, 0.5) is 0 Å². The monoisotopic (exact) mass is 477 g/mol. The predicted molar refractivity (Wildman–Crippen MR) is 134 cm³/mol. The average Bonchev–Trinajstić information content (AvgIpc) is 3.15. The van der Waals surface area contributed by atoms with Crippen molar-refractivity contribution >= 4 is 5.91 Å². The second-order valence-electron chi connectivity index (χ2n) is 9.30. The Morgan fingerprint density at radius 2 is 1.83 bits per heavy atom. The van der Waals surface area contributed by atoms with E-state index < -0.39 is 0 Å². The number of nitrogens with zero attached hydrogens (tertiary/aromatic N) is 4. The Bertz CT molecular complexity index is 1100. The lowest BCUT2D eigenvalue weighted by atomic mass is 10.0. The molecule has 0 aliphatic carbocycles. The lowest BCUT2D eigenvalue weighted by Gasteiger charge is -2.23. The number of aromatic nitrogens is 3. The molecule has 0 spiro atoms. The van der Waals surface area contributed by atoms with Gasteiger partial charge in [-0.05, 0) is 29.2 Å². The molecule has 1 amide bonds. The minimum Gasteiger partial charge on any atom is -0.489 e. The first-order valence-corrected chi connectivity index (χ1v) is 12.2. The van der Waals surface area contributed by atoms with Gasteiger partial charge in [-0.2, -0.15) is 0 Å². The van der Waals surface area contributed by atoms with Crippen molar-refractivity contribution < 1.29 is 14.3 Å². The Hall–Kier alpha value is -3.23. The van der Waals surface area contributed by atoms with E-state index in [0.29, 0.717) is 6.61 Å². The molecule has 1 unspecified atom stereocenters. The number of carbonyl (C=O) groups excluding carboxylic acids is 1. The normalized spacial score (nSPS) is 14.9. The molecular formula is C27H35N5O3. The molecule has 0 saturated heterocycles. The zero-order chi connectivity index (χ0) is 24.6. The first kappa shape index (κ1) is 24.9. The smallest absolute Gasteiger partial charge is 0.246 e. The molecule has 0 fully saturated rings. The summed E-state index contributed by atoms with van der Waals surface area (Å²) < 4.78 is 13.2. The molecule has 2 aromatic carbocycles. The summed E-state index contributed by atoms with van der Waals surface area (Å²) in [6.45, 7) is 8.15. The number of amides is 1. The highest BCUT2D eigenvalue weighted by molar-refractivity contribution is 5.77. The maximum absolute atomic E-state index is 12.2. The molecule has 1 aromatic heterocycles. The molecular weight excluding hydrogens is 442 g/mol. The third kappa shape index (κ3) is 6.68. The standard InChI is InChI=1S/C27H35N5O3/c1-20(2)26(28-25(33)19-34-3)27-30-29-24-12-13-31(14-15-32(24)27)17-22-10-7-11-23(16-22)35-18-21-8-5-4-6-9-21/h4-11,16,20,26H,12-15,17-19H2,1-3H3,(H,28,33). The van der Waals surface area contributed by atoms with Crippen molar-refractivity contribution in [3.05, 3.63) is 77.4 Å². The largest absolute Gasteiger partial charge is 0.489 e. The minimum atomic E-state index is -0.205. The van der Waals surface area contributed by atoms with Crippen LogP contribution < -0.4 is 10.1 Å². The van der Waals surface area contributed by atoms with Gasteiger partial charge in [-0.3, -0.25) is 9.69 Å². The molecule has 3 aromatic rings. The Morgan fingerprint density at radius 1 is 1.03 bits per heavy atom. The summed E-state index contributed by atoms with van der Waals surface area (Å²) in [4.78, 5) is 14.6. The topological polar surface area (TPSA) is 81.5 Å². The molecule has 35 heavy (non-hydrogen) atoms. The zero-order valence-corrected chi connectivity index (χ0v) is 20.8. The maximum atomic E-state index is 12.2. The molecule has 1 atom stereocenters. The van der Waals surface area contributed by atoms with Crippen molar-refractivity contribution in [2.24, 2.45) is 5.92 Å². The van der Waals surface area contributed by atoms with Crippen molar-refractivity contribution in [1.82, 2.24) is 25.0 Å². The number of carbonyl (C=O) groups is 1. The van der Waals surface area contributed by atoms with Crippen LogP contribution in [0.2, 0.25) is 0 Å². The van der Waals surface area contributed by atoms with Crippen LogP contribution >= 0.6 is 0 Å². The first-order valence-electron chi connectivity index (χ1n) is 12.2. The number of hydrogen-bond acceptors (Lipinski definition) is 6. The number of methoxy groups -OCH3 is 1. The summed E-state index contributed by atoms with van der Waals surface area (Å²) in [7, 11) is 1.52. The van der Waals surface area contributed by atoms with E-state index in [9.17, 15) is 4.79 Å². The number of nitrogens with one attached hydrogen (secondary N) is 1. The second-order valence-corrected chi connectivity index (χ2v) is 9.30. The van der Waals surface area contributed by atoms with Crippen LogP contribution in [-0.4, -0.2) is 52.4 Å². The van der Waals surface area contributed by atoms with Crippen molar-refractivity contribution in [3.63, 3.8) is 0 Å². The highest BCUT2D eigenvalue weighted by Gasteiger charge is 2.27. The summed E-state index contributed by atoms with van der Waals surface area (Å²) in [5.41, 5.74) is 2.38. The highest BCUT2D eigenvalue weighted by Crippen LogP contribution is 2.23. The van der Waals surface area contributed by atoms with Gasteiger partial charge in [0.2, 0.25) is 5.91 Å². The number of ether oxygens (including phenoxy) is 2. The summed E-state index contributed by atoms with van der Waals surface area (Å²) >= 11 is 0. The number of rotatable bonds is 10. The van der Waals surface area contributed by atoms with Crippen LogP contribution in [0.5, 0.6) is 5.75 Å². The van der Waals surface area contributed by atoms with Crippen LogP contribution in [0.25, 0.3) is 0 Å². The van der Waals surface area contributed by atoms with Crippen molar-refractivity contribution in [2.75, 3.05) is 26.8 Å². The number of benzene rings is 2. The molecule has 0 saturated carbocycles. The first-order chi connectivity index (χ1) is 17.0. The molecule has 186 valence electrons. The van der Waals surface area contributed by atoms with E-state index in [1.165, 1.54) is 12.7 Å². The fourth-order valence-electron chi connectivity index (χ4n) is 4.39. The van der Waals surface area contributed by atoms with Gasteiger partial charge < -0.3 is 19.4 Å². The zero-order valence-electron chi connectivity index (χ0n) is 20.8. The van der Waals surface area contributed by atoms with Gasteiger partial charge in [-0.15, -0.1) is 10.2 Å². The second kappa shape index (κ2) is 12.0. The predicted octanol–water partition coefficient (Wildman–Crippen LogP) is 3.38. The summed E-state index contributed by atoms with van der Waals surface area (Å²) in [5, 5.41) is 12.0. The molecule has 0 bridgehead atoms. The molecule has 1 aliphatic rings. The molecule has 1 N–H and O–H groups in total. The van der Waals surface area contributed by atoms with Crippen LogP contribution in [0.3, 0.4) is 0 Å². The van der Waals surface area contributed by atoms with Gasteiger partial charge in [0.1, 0.15) is 24.8 Å². The Kier molecular flexibility index (Phi) is 8.50. The van der Waals surface area contributed by atoms with E-state index in [-0.39, 0.29) is 24.5 Å². The molecule has 8 heteroatoms. The SMILES string of the molecule is COCC(=O)NC(c1nnc2n1CCN(Cc1cccc(OCc3ccccc3)c1)CC2)C(C)C. The van der Waals surface area contributed by atoms with Gasteiger partial charge in [0.25, 0.3) is 0 Å². The third-order valence-corrected chi connectivity index (χ3v) is 6.24. The van der Waals surface area contributed by atoms with Gasteiger partial charge in [0.15, 0.2) is 5.82 Å². The number of fused-ring (bicyclic) bond motifs is 1. The van der Waals surface area contributed by atoms with Crippen molar-refractivity contribution in [3.8, 4) is 5.75 Å². The van der Waals surface area contributed by atoms with Gasteiger partial charge in [0.05, 0.1) is 6.04 Å². The Balaban J connectivity index is 1.38. The lowest BCUT2D eigenvalue weighted by Crippen LogP contribution is -2.36.